The first kappa shape index (κ1) is 11.1. The number of hydrogen-bond acceptors (Lipinski definition) is 3. The van der Waals surface area contributed by atoms with Gasteiger partial charge in [-0.3, -0.25) is 4.90 Å². The molecule has 2 atom stereocenters. The molecule has 2 aliphatic rings. The average molecular weight is 232 g/mol. The van der Waals surface area contributed by atoms with Crippen molar-refractivity contribution in [3.05, 3.63) is 29.8 Å². The van der Waals surface area contributed by atoms with Crippen molar-refractivity contribution in [1.82, 2.24) is 4.90 Å². The summed E-state index contributed by atoms with van der Waals surface area (Å²) in [6, 6.07) is 8.67. The average Bonchev–Trinajstić information content (AvgIpc) is 2.97. The van der Waals surface area contributed by atoms with Crippen molar-refractivity contribution < 1.29 is 4.74 Å². The van der Waals surface area contributed by atoms with E-state index in [0.717, 1.165) is 19.6 Å². The Bertz CT molecular complexity index is 394. The third-order valence-electron chi connectivity index (χ3n) is 3.98. The Kier molecular flexibility index (Phi) is 3.04. The van der Waals surface area contributed by atoms with Crippen LogP contribution in [0, 0.1) is 0 Å². The summed E-state index contributed by atoms with van der Waals surface area (Å²) in [6.07, 6.45) is 1.62. The minimum absolute atomic E-state index is 0.444. The predicted molar refractivity (Wildman–Crippen MR) is 69.5 cm³/mol. The summed E-state index contributed by atoms with van der Waals surface area (Å²) in [5.41, 5.74) is 2.80. The first-order valence-corrected chi connectivity index (χ1v) is 6.45. The van der Waals surface area contributed by atoms with Gasteiger partial charge in [0.1, 0.15) is 0 Å². The van der Waals surface area contributed by atoms with Crippen LogP contribution < -0.4 is 5.32 Å². The van der Waals surface area contributed by atoms with E-state index in [1.807, 2.05) is 7.11 Å². The van der Waals surface area contributed by atoms with E-state index in [1.165, 1.54) is 24.2 Å². The Balaban J connectivity index is 1.64. The molecule has 3 heteroatoms. The molecule has 0 amide bonds. The zero-order valence-corrected chi connectivity index (χ0v) is 10.4. The fourth-order valence-electron chi connectivity index (χ4n) is 2.99. The lowest BCUT2D eigenvalue weighted by Gasteiger charge is -2.20. The summed E-state index contributed by atoms with van der Waals surface area (Å²) < 4.78 is 5.42. The van der Waals surface area contributed by atoms with E-state index in [0.29, 0.717) is 12.0 Å². The van der Waals surface area contributed by atoms with Gasteiger partial charge in [0.25, 0.3) is 0 Å². The molecule has 0 radical (unpaired) electrons. The lowest BCUT2D eigenvalue weighted by atomic mass is 10.0. The van der Waals surface area contributed by atoms with E-state index in [1.54, 1.807) is 0 Å². The van der Waals surface area contributed by atoms with Gasteiger partial charge in [0.2, 0.25) is 0 Å². The van der Waals surface area contributed by atoms with Crippen LogP contribution in [-0.4, -0.2) is 44.3 Å². The summed E-state index contributed by atoms with van der Waals surface area (Å²) in [5, 5.41) is 3.49. The monoisotopic (exact) mass is 232 g/mol. The molecular formula is C14H20N2O. The number of methoxy groups -OCH3 is 1. The Labute approximate surface area is 103 Å². The summed E-state index contributed by atoms with van der Waals surface area (Å²) in [5.74, 6) is 0.641. The molecule has 1 aromatic rings. The molecule has 0 aromatic heterocycles. The zero-order valence-electron chi connectivity index (χ0n) is 10.4. The number of nitrogens with one attached hydrogen (secondary N) is 1. The molecule has 0 aliphatic carbocycles. The van der Waals surface area contributed by atoms with Gasteiger partial charge in [-0.1, -0.05) is 18.2 Å². The second kappa shape index (κ2) is 4.67. The number of rotatable bonds is 3. The minimum Gasteiger partial charge on any atom is -0.384 e. The van der Waals surface area contributed by atoms with E-state index < -0.39 is 0 Å². The molecule has 17 heavy (non-hydrogen) atoms. The van der Waals surface area contributed by atoms with E-state index in [4.69, 9.17) is 4.74 Å². The van der Waals surface area contributed by atoms with Crippen LogP contribution >= 0.6 is 0 Å². The topological polar surface area (TPSA) is 24.5 Å². The van der Waals surface area contributed by atoms with Gasteiger partial charge in [-0.05, 0) is 18.1 Å². The van der Waals surface area contributed by atoms with Gasteiger partial charge in [-0.25, -0.2) is 0 Å². The molecule has 3 nitrogen and oxygen atoms in total. The van der Waals surface area contributed by atoms with Crippen molar-refractivity contribution in [2.75, 3.05) is 38.6 Å². The molecule has 1 saturated heterocycles. The molecule has 0 saturated carbocycles. The Hall–Kier alpha value is -1.06. The third-order valence-corrected chi connectivity index (χ3v) is 3.98. The minimum atomic E-state index is 0.444. The quantitative estimate of drug-likeness (QED) is 0.861. The Morgan fingerprint density at radius 2 is 2.29 bits per heavy atom. The number of benzene rings is 1. The molecule has 1 fully saturated rings. The summed E-state index contributed by atoms with van der Waals surface area (Å²) >= 11 is 0. The van der Waals surface area contributed by atoms with Crippen molar-refractivity contribution in [3.8, 4) is 0 Å². The summed E-state index contributed by atoms with van der Waals surface area (Å²) in [7, 11) is 1.82. The van der Waals surface area contributed by atoms with Crippen LogP contribution in [-0.2, 0) is 4.74 Å². The van der Waals surface area contributed by atoms with Crippen LogP contribution in [0.2, 0.25) is 0 Å². The van der Waals surface area contributed by atoms with Crippen LogP contribution in [0.5, 0.6) is 0 Å². The van der Waals surface area contributed by atoms with Crippen molar-refractivity contribution in [2.24, 2.45) is 0 Å². The number of ether oxygens (including phenoxy) is 1. The number of likely N-dealkylation sites (tertiary alicyclic amines) is 1. The largest absolute Gasteiger partial charge is 0.384 e. The highest BCUT2D eigenvalue weighted by Gasteiger charge is 2.28. The van der Waals surface area contributed by atoms with E-state index in [2.05, 4.69) is 34.5 Å². The summed E-state index contributed by atoms with van der Waals surface area (Å²) in [6.45, 7) is 4.50. The van der Waals surface area contributed by atoms with E-state index in [-0.39, 0.29) is 0 Å². The zero-order chi connectivity index (χ0) is 11.7. The highest BCUT2D eigenvalue weighted by molar-refractivity contribution is 5.57. The van der Waals surface area contributed by atoms with Crippen LogP contribution in [0.3, 0.4) is 0 Å². The lowest BCUT2D eigenvalue weighted by molar-refractivity contribution is 0.107. The number of anilines is 1. The molecule has 92 valence electrons. The van der Waals surface area contributed by atoms with Crippen molar-refractivity contribution >= 4 is 5.69 Å². The maximum Gasteiger partial charge on any atom is 0.0710 e. The van der Waals surface area contributed by atoms with Gasteiger partial charge in [-0.2, -0.15) is 0 Å². The number of hydrogen-bond donors (Lipinski definition) is 1. The lowest BCUT2D eigenvalue weighted by Crippen LogP contribution is -2.28. The molecule has 3 rings (SSSR count). The number of fused-ring (bicyclic) bond motifs is 1. The number of para-hydroxylation sites is 1. The van der Waals surface area contributed by atoms with Gasteiger partial charge in [0, 0.05) is 44.9 Å². The molecule has 0 spiro atoms. The molecule has 1 N–H and O–H groups in total. The fraction of sp³-hybridized carbons (Fsp3) is 0.571. The van der Waals surface area contributed by atoms with Gasteiger partial charge < -0.3 is 10.1 Å². The van der Waals surface area contributed by atoms with Gasteiger partial charge in [0.05, 0.1) is 6.10 Å². The third kappa shape index (κ3) is 2.17. The van der Waals surface area contributed by atoms with Crippen LogP contribution in [0.4, 0.5) is 5.69 Å². The summed E-state index contributed by atoms with van der Waals surface area (Å²) in [4.78, 5) is 2.53. The van der Waals surface area contributed by atoms with Gasteiger partial charge in [0.15, 0.2) is 0 Å². The van der Waals surface area contributed by atoms with Crippen LogP contribution in [0.25, 0.3) is 0 Å². The Morgan fingerprint density at radius 3 is 3.12 bits per heavy atom. The van der Waals surface area contributed by atoms with E-state index in [9.17, 15) is 0 Å². The standard InChI is InChI=1S/C14H20N2O/c1-17-12-6-7-16(10-12)9-11-8-15-14-5-3-2-4-13(11)14/h2-5,11-12,15H,6-10H2,1H3. The molecule has 2 unspecified atom stereocenters. The van der Waals surface area contributed by atoms with E-state index >= 15 is 0 Å². The highest BCUT2D eigenvalue weighted by Crippen LogP contribution is 2.32. The smallest absolute Gasteiger partial charge is 0.0710 e. The number of nitrogens with zero attached hydrogens (tertiary/aromatic N) is 1. The fourth-order valence-corrected chi connectivity index (χ4v) is 2.99. The van der Waals surface area contributed by atoms with Gasteiger partial charge in [-0.15, -0.1) is 0 Å². The SMILES string of the molecule is COC1CCN(CC2CNc3ccccc32)C1. The normalized spacial score (nSPS) is 28.1. The molecule has 0 bridgehead atoms. The van der Waals surface area contributed by atoms with Gasteiger partial charge >= 0.3 is 0 Å². The van der Waals surface area contributed by atoms with Crippen molar-refractivity contribution in [1.29, 1.82) is 0 Å². The first-order chi connectivity index (χ1) is 8.36. The second-order valence-electron chi connectivity index (χ2n) is 5.07. The van der Waals surface area contributed by atoms with Crippen molar-refractivity contribution in [2.45, 2.75) is 18.4 Å². The molecule has 2 aliphatic heterocycles. The molecule has 2 heterocycles. The molecular weight excluding hydrogens is 212 g/mol. The second-order valence-corrected chi connectivity index (χ2v) is 5.07. The predicted octanol–water partition coefficient (Wildman–Crippen LogP) is 1.92. The first-order valence-electron chi connectivity index (χ1n) is 6.45. The maximum atomic E-state index is 5.42. The van der Waals surface area contributed by atoms with Crippen LogP contribution in [0.15, 0.2) is 24.3 Å². The van der Waals surface area contributed by atoms with Crippen LogP contribution in [0.1, 0.15) is 17.9 Å². The molecule has 1 aromatic carbocycles. The highest BCUT2D eigenvalue weighted by atomic mass is 16.5. The maximum absolute atomic E-state index is 5.42. The van der Waals surface area contributed by atoms with Crippen molar-refractivity contribution in [3.63, 3.8) is 0 Å². The Morgan fingerprint density at radius 1 is 1.41 bits per heavy atom.